The van der Waals surface area contributed by atoms with Crippen molar-refractivity contribution in [3.63, 3.8) is 0 Å². The molecule has 0 amide bonds. The molecular weight excluding hydrogens is 172 g/mol. The average Bonchev–Trinajstić information content (AvgIpc) is 2.69. The fourth-order valence-corrected chi connectivity index (χ4v) is 2.46. The van der Waals surface area contributed by atoms with Gasteiger partial charge in [-0.2, -0.15) is 0 Å². The van der Waals surface area contributed by atoms with Crippen molar-refractivity contribution in [1.29, 1.82) is 0 Å². The Balaban J connectivity index is 2.08. The molecule has 1 heterocycles. The third-order valence-electron chi connectivity index (χ3n) is 3.38. The lowest BCUT2D eigenvalue weighted by atomic mass is 9.81. The minimum Gasteiger partial charge on any atom is -0.330 e. The molecule has 0 aliphatic heterocycles. The van der Waals surface area contributed by atoms with Gasteiger partial charge < -0.3 is 5.73 Å². The molecule has 0 saturated heterocycles. The largest absolute Gasteiger partial charge is 0.330 e. The molecular formula is C12H18N2. The maximum atomic E-state index is 5.89. The standard InChI is InChI=1S/C12H18N2/c13-10-12(6-2-3-7-12)9-11-5-1-4-8-14-11/h1,4-5,8H,2-3,6-7,9-10,13H2. The summed E-state index contributed by atoms with van der Waals surface area (Å²) in [5, 5.41) is 0. The highest BCUT2D eigenvalue weighted by atomic mass is 14.7. The van der Waals surface area contributed by atoms with Crippen molar-refractivity contribution in [2.75, 3.05) is 6.54 Å². The predicted molar refractivity (Wildman–Crippen MR) is 57.9 cm³/mol. The highest BCUT2D eigenvalue weighted by Gasteiger charge is 2.32. The van der Waals surface area contributed by atoms with E-state index in [-0.39, 0.29) is 0 Å². The topological polar surface area (TPSA) is 38.9 Å². The Kier molecular flexibility index (Phi) is 2.82. The summed E-state index contributed by atoms with van der Waals surface area (Å²) < 4.78 is 0. The van der Waals surface area contributed by atoms with Crippen LogP contribution in [0.1, 0.15) is 31.4 Å². The molecule has 1 aromatic rings. The van der Waals surface area contributed by atoms with Gasteiger partial charge in [-0.25, -0.2) is 0 Å². The van der Waals surface area contributed by atoms with E-state index in [1.807, 2.05) is 12.3 Å². The minimum atomic E-state index is 0.356. The molecule has 2 rings (SSSR count). The van der Waals surface area contributed by atoms with Gasteiger partial charge in [0.25, 0.3) is 0 Å². The Bertz CT molecular complexity index is 276. The molecule has 2 N–H and O–H groups in total. The van der Waals surface area contributed by atoms with Crippen LogP contribution in [0.15, 0.2) is 24.4 Å². The number of nitrogens with zero attached hydrogens (tertiary/aromatic N) is 1. The van der Waals surface area contributed by atoms with E-state index in [1.54, 1.807) is 0 Å². The lowest BCUT2D eigenvalue weighted by Gasteiger charge is -2.26. The van der Waals surface area contributed by atoms with Gasteiger partial charge >= 0.3 is 0 Å². The second kappa shape index (κ2) is 4.09. The van der Waals surface area contributed by atoms with Crippen LogP contribution in [-0.2, 0) is 6.42 Å². The van der Waals surface area contributed by atoms with E-state index in [2.05, 4.69) is 17.1 Å². The number of hydrogen-bond acceptors (Lipinski definition) is 2. The SMILES string of the molecule is NCC1(Cc2ccccn2)CCCC1. The van der Waals surface area contributed by atoms with Gasteiger partial charge in [0.05, 0.1) is 0 Å². The van der Waals surface area contributed by atoms with Crippen LogP contribution in [0.4, 0.5) is 0 Å². The van der Waals surface area contributed by atoms with E-state index in [9.17, 15) is 0 Å². The van der Waals surface area contributed by atoms with Crippen molar-refractivity contribution in [2.45, 2.75) is 32.1 Å². The van der Waals surface area contributed by atoms with E-state index in [4.69, 9.17) is 5.73 Å². The second-order valence-corrected chi connectivity index (χ2v) is 4.41. The molecule has 0 spiro atoms. The van der Waals surface area contributed by atoms with E-state index in [0.717, 1.165) is 13.0 Å². The van der Waals surface area contributed by atoms with Gasteiger partial charge in [0.2, 0.25) is 0 Å². The third kappa shape index (κ3) is 1.95. The summed E-state index contributed by atoms with van der Waals surface area (Å²) in [6.45, 7) is 0.809. The van der Waals surface area contributed by atoms with Crippen molar-refractivity contribution in [3.05, 3.63) is 30.1 Å². The summed E-state index contributed by atoms with van der Waals surface area (Å²) in [6, 6.07) is 6.13. The number of rotatable bonds is 3. The molecule has 1 aliphatic rings. The zero-order valence-electron chi connectivity index (χ0n) is 8.58. The Morgan fingerprint density at radius 1 is 1.29 bits per heavy atom. The lowest BCUT2D eigenvalue weighted by Crippen LogP contribution is -2.30. The predicted octanol–water partition coefficient (Wildman–Crippen LogP) is 2.14. The number of hydrogen-bond donors (Lipinski definition) is 1. The van der Waals surface area contributed by atoms with E-state index in [1.165, 1.54) is 31.4 Å². The molecule has 1 fully saturated rings. The molecule has 76 valence electrons. The third-order valence-corrected chi connectivity index (χ3v) is 3.38. The highest BCUT2D eigenvalue weighted by Crippen LogP contribution is 2.39. The van der Waals surface area contributed by atoms with E-state index >= 15 is 0 Å². The van der Waals surface area contributed by atoms with Gasteiger partial charge in [-0.15, -0.1) is 0 Å². The van der Waals surface area contributed by atoms with Crippen molar-refractivity contribution < 1.29 is 0 Å². The molecule has 0 aromatic carbocycles. The zero-order chi connectivity index (χ0) is 9.86. The maximum absolute atomic E-state index is 5.89. The first kappa shape index (κ1) is 9.66. The molecule has 14 heavy (non-hydrogen) atoms. The fourth-order valence-electron chi connectivity index (χ4n) is 2.46. The van der Waals surface area contributed by atoms with Crippen LogP contribution >= 0.6 is 0 Å². The molecule has 0 radical (unpaired) electrons. The molecule has 0 bridgehead atoms. The summed E-state index contributed by atoms with van der Waals surface area (Å²) in [7, 11) is 0. The van der Waals surface area contributed by atoms with Crippen molar-refractivity contribution in [2.24, 2.45) is 11.1 Å². The van der Waals surface area contributed by atoms with Crippen LogP contribution in [0.2, 0.25) is 0 Å². The summed E-state index contributed by atoms with van der Waals surface area (Å²) in [5.41, 5.74) is 7.44. The monoisotopic (exact) mass is 190 g/mol. The number of pyridine rings is 1. The van der Waals surface area contributed by atoms with Crippen LogP contribution in [0.25, 0.3) is 0 Å². The van der Waals surface area contributed by atoms with Gasteiger partial charge in [0.15, 0.2) is 0 Å². The van der Waals surface area contributed by atoms with Crippen LogP contribution < -0.4 is 5.73 Å². The molecule has 2 nitrogen and oxygen atoms in total. The number of aromatic nitrogens is 1. The summed E-state index contributed by atoms with van der Waals surface area (Å²) in [4.78, 5) is 4.38. The quantitative estimate of drug-likeness (QED) is 0.793. The Hall–Kier alpha value is -0.890. The van der Waals surface area contributed by atoms with E-state index < -0.39 is 0 Å². The van der Waals surface area contributed by atoms with Crippen LogP contribution in [0, 0.1) is 5.41 Å². The lowest BCUT2D eigenvalue weighted by molar-refractivity contribution is 0.303. The van der Waals surface area contributed by atoms with Crippen molar-refractivity contribution in [1.82, 2.24) is 4.98 Å². The summed E-state index contributed by atoms with van der Waals surface area (Å²) >= 11 is 0. The van der Waals surface area contributed by atoms with Crippen LogP contribution in [0.5, 0.6) is 0 Å². The van der Waals surface area contributed by atoms with Gasteiger partial charge in [-0.3, -0.25) is 4.98 Å². The molecule has 0 unspecified atom stereocenters. The molecule has 1 aromatic heterocycles. The number of nitrogens with two attached hydrogens (primary N) is 1. The second-order valence-electron chi connectivity index (χ2n) is 4.41. The first-order valence-corrected chi connectivity index (χ1v) is 5.45. The highest BCUT2D eigenvalue weighted by molar-refractivity contribution is 5.07. The van der Waals surface area contributed by atoms with E-state index in [0.29, 0.717) is 5.41 Å². The Morgan fingerprint density at radius 3 is 2.64 bits per heavy atom. The Labute approximate surface area is 85.5 Å². The van der Waals surface area contributed by atoms with Gasteiger partial charge in [-0.1, -0.05) is 18.9 Å². The van der Waals surface area contributed by atoms with Crippen molar-refractivity contribution in [3.8, 4) is 0 Å². The molecule has 1 aliphatic carbocycles. The zero-order valence-corrected chi connectivity index (χ0v) is 8.58. The normalized spacial score (nSPS) is 19.8. The maximum Gasteiger partial charge on any atom is 0.0409 e. The van der Waals surface area contributed by atoms with Crippen LogP contribution in [0.3, 0.4) is 0 Å². The van der Waals surface area contributed by atoms with Gasteiger partial charge in [0.1, 0.15) is 0 Å². The molecule has 0 atom stereocenters. The average molecular weight is 190 g/mol. The molecule has 1 saturated carbocycles. The molecule has 2 heteroatoms. The van der Waals surface area contributed by atoms with Crippen molar-refractivity contribution >= 4 is 0 Å². The minimum absolute atomic E-state index is 0.356. The Morgan fingerprint density at radius 2 is 2.07 bits per heavy atom. The summed E-state index contributed by atoms with van der Waals surface area (Å²) in [5.74, 6) is 0. The smallest absolute Gasteiger partial charge is 0.0409 e. The fraction of sp³-hybridized carbons (Fsp3) is 0.583. The van der Waals surface area contributed by atoms with Gasteiger partial charge in [0, 0.05) is 11.9 Å². The van der Waals surface area contributed by atoms with Gasteiger partial charge in [-0.05, 0) is 43.4 Å². The van der Waals surface area contributed by atoms with Crippen LogP contribution in [-0.4, -0.2) is 11.5 Å². The summed E-state index contributed by atoms with van der Waals surface area (Å²) in [6.07, 6.45) is 8.16. The first-order chi connectivity index (χ1) is 6.85. The first-order valence-electron chi connectivity index (χ1n) is 5.45.